The van der Waals surface area contributed by atoms with E-state index in [4.69, 9.17) is 16.6 Å². The molecule has 0 bridgehead atoms. The van der Waals surface area contributed by atoms with Crippen molar-refractivity contribution in [3.8, 4) is 0 Å². The van der Waals surface area contributed by atoms with E-state index in [1.165, 1.54) is 0 Å². The lowest BCUT2D eigenvalue weighted by atomic mass is 9.95. The second-order valence-electron chi connectivity index (χ2n) is 8.62. The Kier molecular flexibility index (Phi) is 6.33. The molecule has 32 heavy (non-hydrogen) atoms. The molecule has 0 fully saturated rings. The van der Waals surface area contributed by atoms with Gasteiger partial charge >= 0.3 is 6.03 Å². The standard InChI is InChI=1S/C25H27ClN4O2/c1-15(2)13-27-24(31)23-17-6-4-5-7-20(17)28-21-10-11-30(14-18(21)23)25(32)29-22-12-16(3)8-9-19(22)26/h4-9,12,15H,10-11,13-14H2,1-3H3,(H,27,31)(H,29,32). The number of benzene rings is 2. The van der Waals surface area contributed by atoms with Crippen molar-refractivity contribution in [2.24, 2.45) is 5.92 Å². The molecule has 0 radical (unpaired) electrons. The first-order valence-corrected chi connectivity index (χ1v) is 11.2. The molecule has 2 N–H and O–H groups in total. The Morgan fingerprint density at radius 3 is 2.75 bits per heavy atom. The van der Waals surface area contributed by atoms with E-state index in [0.29, 0.717) is 48.2 Å². The Hall–Kier alpha value is -3.12. The Morgan fingerprint density at radius 1 is 1.19 bits per heavy atom. The summed E-state index contributed by atoms with van der Waals surface area (Å²) in [5.74, 6) is 0.210. The number of hydrogen-bond acceptors (Lipinski definition) is 3. The van der Waals surface area contributed by atoms with Gasteiger partial charge in [-0.3, -0.25) is 9.78 Å². The fourth-order valence-electron chi connectivity index (χ4n) is 3.94. The van der Waals surface area contributed by atoms with Crippen LogP contribution in [0.5, 0.6) is 0 Å². The first-order chi connectivity index (χ1) is 15.3. The van der Waals surface area contributed by atoms with Gasteiger partial charge in [-0.05, 0) is 36.6 Å². The highest BCUT2D eigenvalue weighted by Crippen LogP contribution is 2.29. The second-order valence-corrected chi connectivity index (χ2v) is 9.03. The molecule has 166 valence electrons. The fourth-order valence-corrected chi connectivity index (χ4v) is 4.10. The molecule has 0 spiro atoms. The smallest absolute Gasteiger partial charge is 0.322 e. The number of aryl methyl sites for hydroxylation is 1. The van der Waals surface area contributed by atoms with Crippen LogP contribution in [0.3, 0.4) is 0 Å². The van der Waals surface area contributed by atoms with E-state index in [9.17, 15) is 9.59 Å². The van der Waals surface area contributed by atoms with Crippen LogP contribution in [0.2, 0.25) is 5.02 Å². The van der Waals surface area contributed by atoms with Gasteiger partial charge in [-0.15, -0.1) is 0 Å². The zero-order valence-corrected chi connectivity index (χ0v) is 19.3. The van der Waals surface area contributed by atoms with Crippen LogP contribution < -0.4 is 10.6 Å². The van der Waals surface area contributed by atoms with Gasteiger partial charge in [-0.25, -0.2) is 4.79 Å². The van der Waals surface area contributed by atoms with Crippen LogP contribution in [-0.2, 0) is 13.0 Å². The number of nitrogens with zero attached hydrogens (tertiary/aromatic N) is 2. The highest BCUT2D eigenvalue weighted by molar-refractivity contribution is 6.33. The van der Waals surface area contributed by atoms with E-state index in [1.54, 1.807) is 11.0 Å². The van der Waals surface area contributed by atoms with Crippen molar-refractivity contribution in [3.63, 3.8) is 0 Å². The quantitative estimate of drug-likeness (QED) is 0.575. The lowest BCUT2D eigenvalue weighted by molar-refractivity contribution is 0.0948. The topological polar surface area (TPSA) is 74.3 Å². The third kappa shape index (κ3) is 4.55. The van der Waals surface area contributed by atoms with E-state index >= 15 is 0 Å². The molecular formula is C25H27ClN4O2. The van der Waals surface area contributed by atoms with Crippen LogP contribution in [0.15, 0.2) is 42.5 Å². The minimum Gasteiger partial charge on any atom is -0.352 e. The first kappa shape index (κ1) is 22.1. The summed E-state index contributed by atoms with van der Waals surface area (Å²) in [5, 5.41) is 7.24. The van der Waals surface area contributed by atoms with Gasteiger partial charge in [0.15, 0.2) is 0 Å². The van der Waals surface area contributed by atoms with Crippen molar-refractivity contribution >= 4 is 40.1 Å². The number of halogens is 1. The van der Waals surface area contributed by atoms with Crippen molar-refractivity contribution in [1.29, 1.82) is 0 Å². The maximum atomic E-state index is 13.2. The van der Waals surface area contributed by atoms with Gasteiger partial charge in [0.25, 0.3) is 5.91 Å². The van der Waals surface area contributed by atoms with E-state index < -0.39 is 0 Å². The van der Waals surface area contributed by atoms with E-state index in [0.717, 1.165) is 27.7 Å². The van der Waals surface area contributed by atoms with Gasteiger partial charge in [0.05, 0.1) is 28.3 Å². The SMILES string of the molecule is Cc1ccc(Cl)c(NC(=O)N2CCc3nc4ccccc4c(C(=O)NCC(C)C)c3C2)c1. The zero-order valence-electron chi connectivity index (χ0n) is 18.5. The summed E-state index contributed by atoms with van der Waals surface area (Å²) < 4.78 is 0. The largest absolute Gasteiger partial charge is 0.352 e. The lowest BCUT2D eigenvalue weighted by Crippen LogP contribution is -2.40. The maximum Gasteiger partial charge on any atom is 0.322 e. The molecule has 3 amide bonds. The van der Waals surface area contributed by atoms with Crippen molar-refractivity contribution in [2.75, 3.05) is 18.4 Å². The number of nitrogens with one attached hydrogen (secondary N) is 2. The molecule has 2 aromatic carbocycles. The van der Waals surface area contributed by atoms with Crippen molar-refractivity contribution in [1.82, 2.24) is 15.2 Å². The molecule has 3 aromatic rings. The summed E-state index contributed by atoms with van der Waals surface area (Å²) in [7, 11) is 0. The van der Waals surface area contributed by atoms with Crippen LogP contribution in [0.25, 0.3) is 10.9 Å². The lowest BCUT2D eigenvalue weighted by Gasteiger charge is -2.30. The number of fused-ring (bicyclic) bond motifs is 2. The first-order valence-electron chi connectivity index (χ1n) is 10.8. The Balaban J connectivity index is 1.66. The molecule has 0 unspecified atom stereocenters. The molecule has 0 atom stereocenters. The summed E-state index contributed by atoms with van der Waals surface area (Å²) in [5.41, 5.74) is 4.67. The monoisotopic (exact) mass is 450 g/mol. The number of pyridine rings is 1. The van der Waals surface area contributed by atoms with Gasteiger partial charge in [0.2, 0.25) is 0 Å². The Bertz CT molecular complexity index is 1190. The number of anilines is 1. The van der Waals surface area contributed by atoms with Crippen LogP contribution in [0, 0.1) is 12.8 Å². The number of para-hydroxylation sites is 1. The molecule has 0 saturated carbocycles. The summed E-state index contributed by atoms with van der Waals surface area (Å²) in [6.07, 6.45) is 0.583. The number of amides is 3. The number of rotatable bonds is 4. The molecule has 0 aliphatic carbocycles. The zero-order chi connectivity index (χ0) is 22.8. The Morgan fingerprint density at radius 2 is 1.97 bits per heavy atom. The van der Waals surface area contributed by atoms with Crippen LogP contribution >= 0.6 is 11.6 Å². The van der Waals surface area contributed by atoms with Crippen LogP contribution in [0.1, 0.15) is 41.0 Å². The molecule has 4 rings (SSSR count). The predicted molar refractivity (Wildman–Crippen MR) is 128 cm³/mol. The van der Waals surface area contributed by atoms with E-state index in [-0.39, 0.29) is 11.9 Å². The second kappa shape index (κ2) is 9.17. The van der Waals surface area contributed by atoms with Gasteiger partial charge in [-0.1, -0.05) is 49.7 Å². The maximum absolute atomic E-state index is 13.2. The molecule has 1 aromatic heterocycles. The number of urea groups is 1. The predicted octanol–water partition coefficient (Wildman–Crippen LogP) is 5.17. The highest BCUT2D eigenvalue weighted by atomic mass is 35.5. The summed E-state index contributed by atoms with van der Waals surface area (Å²) in [4.78, 5) is 32.7. The molecule has 0 saturated heterocycles. The third-order valence-corrected chi connectivity index (χ3v) is 5.92. The highest BCUT2D eigenvalue weighted by Gasteiger charge is 2.28. The number of carbonyl (C=O) groups excluding carboxylic acids is 2. The molecule has 2 heterocycles. The number of aromatic nitrogens is 1. The average Bonchev–Trinajstić information content (AvgIpc) is 2.77. The number of carbonyl (C=O) groups is 2. The molecule has 1 aliphatic heterocycles. The molecule has 1 aliphatic rings. The Labute approximate surface area is 193 Å². The van der Waals surface area contributed by atoms with Crippen molar-refractivity contribution < 1.29 is 9.59 Å². The average molecular weight is 451 g/mol. The minimum atomic E-state index is -0.246. The molecular weight excluding hydrogens is 424 g/mol. The van der Waals surface area contributed by atoms with Gasteiger partial charge in [-0.2, -0.15) is 0 Å². The van der Waals surface area contributed by atoms with Crippen molar-refractivity contribution in [3.05, 3.63) is 69.9 Å². The molecule has 6 nitrogen and oxygen atoms in total. The normalized spacial score (nSPS) is 13.2. The van der Waals surface area contributed by atoms with Crippen LogP contribution in [-0.4, -0.2) is 34.9 Å². The van der Waals surface area contributed by atoms with E-state index in [2.05, 4.69) is 24.5 Å². The van der Waals surface area contributed by atoms with Gasteiger partial charge in [0.1, 0.15) is 0 Å². The number of hydrogen-bond donors (Lipinski definition) is 2. The fraction of sp³-hybridized carbons (Fsp3) is 0.320. The summed E-state index contributed by atoms with van der Waals surface area (Å²) >= 11 is 6.26. The van der Waals surface area contributed by atoms with Crippen LogP contribution in [0.4, 0.5) is 10.5 Å². The van der Waals surface area contributed by atoms with Gasteiger partial charge in [0, 0.05) is 36.2 Å². The molecule has 7 heteroatoms. The summed E-state index contributed by atoms with van der Waals surface area (Å²) in [6.45, 7) is 7.47. The van der Waals surface area contributed by atoms with Crippen molar-refractivity contribution in [2.45, 2.75) is 33.7 Å². The summed E-state index contributed by atoms with van der Waals surface area (Å²) in [6, 6.07) is 12.9. The van der Waals surface area contributed by atoms with Gasteiger partial charge < -0.3 is 15.5 Å². The minimum absolute atomic E-state index is 0.127. The third-order valence-electron chi connectivity index (χ3n) is 5.60. The van der Waals surface area contributed by atoms with E-state index in [1.807, 2.05) is 43.3 Å².